The lowest BCUT2D eigenvalue weighted by Gasteiger charge is -2.35. The molecule has 1 aromatic rings. The molecule has 6 nitrogen and oxygen atoms in total. The van der Waals surface area contributed by atoms with Crippen LogP contribution in [-0.2, 0) is 11.2 Å². The zero-order valence-electron chi connectivity index (χ0n) is 16.4. The SMILES string of the molecule is CCC(NC(=O)N(CCS)CCc1ccccc1)C(=O)N1CCN(C)CC1. The Balaban J connectivity index is 1.91. The normalized spacial score (nSPS) is 16.0. The predicted molar refractivity (Wildman–Crippen MR) is 112 cm³/mol. The topological polar surface area (TPSA) is 55.9 Å². The molecule has 0 aromatic heterocycles. The maximum atomic E-state index is 12.8. The van der Waals surface area contributed by atoms with E-state index in [2.05, 4.69) is 42.0 Å². The molecule has 7 heteroatoms. The number of nitrogens with zero attached hydrogens (tertiary/aromatic N) is 3. The molecule has 1 saturated heterocycles. The Morgan fingerprint density at radius 1 is 1.15 bits per heavy atom. The summed E-state index contributed by atoms with van der Waals surface area (Å²) in [4.78, 5) is 31.4. The highest BCUT2D eigenvalue weighted by atomic mass is 32.1. The van der Waals surface area contributed by atoms with E-state index in [1.165, 1.54) is 5.56 Å². The molecule has 1 aromatic carbocycles. The Kier molecular flexibility index (Phi) is 8.94. The van der Waals surface area contributed by atoms with Crippen molar-refractivity contribution in [3.63, 3.8) is 0 Å². The third kappa shape index (κ3) is 6.74. The van der Waals surface area contributed by atoms with Gasteiger partial charge in [-0.1, -0.05) is 37.3 Å². The molecule has 1 aliphatic rings. The summed E-state index contributed by atoms with van der Waals surface area (Å²) in [6.07, 6.45) is 1.37. The van der Waals surface area contributed by atoms with Gasteiger partial charge < -0.3 is 20.0 Å². The van der Waals surface area contributed by atoms with E-state index in [1.807, 2.05) is 30.0 Å². The number of likely N-dealkylation sites (N-methyl/N-ethyl adjacent to an activating group) is 1. The average molecular weight is 393 g/mol. The van der Waals surface area contributed by atoms with E-state index < -0.39 is 6.04 Å². The van der Waals surface area contributed by atoms with Crippen molar-refractivity contribution in [2.45, 2.75) is 25.8 Å². The Labute approximate surface area is 168 Å². The van der Waals surface area contributed by atoms with Crippen LogP contribution in [0.4, 0.5) is 4.79 Å². The van der Waals surface area contributed by atoms with Crippen LogP contribution in [0.15, 0.2) is 30.3 Å². The molecule has 150 valence electrons. The second kappa shape index (κ2) is 11.2. The fraction of sp³-hybridized carbons (Fsp3) is 0.600. The number of nitrogens with one attached hydrogen (secondary N) is 1. The van der Waals surface area contributed by atoms with E-state index in [4.69, 9.17) is 0 Å². The maximum absolute atomic E-state index is 12.8. The summed E-state index contributed by atoms with van der Waals surface area (Å²) in [5.74, 6) is 0.610. The van der Waals surface area contributed by atoms with E-state index >= 15 is 0 Å². The lowest BCUT2D eigenvalue weighted by molar-refractivity contribution is -0.134. The van der Waals surface area contributed by atoms with Crippen molar-refractivity contribution in [2.75, 3.05) is 52.1 Å². The quantitative estimate of drug-likeness (QED) is 0.663. The number of piperazine rings is 1. The Morgan fingerprint density at radius 3 is 2.41 bits per heavy atom. The minimum absolute atomic E-state index is 0.0211. The molecule has 2 rings (SSSR count). The van der Waals surface area contributed by atoms with Crippen molar-refractivity contribution in [1.29, 1.82) is 0 Å². The molecule has 1 N–H and O–H groups in total. The standard InChI is InChI=1S/C20H32N4O2S/c1-3-18(19(25)23-13-11-22(2)12-14-23)21-20(26)24(15-16-27)10-9-17-7-5-4-6-8-17/h4-8,18,27H,3,9-16H2,1-2H3,(H,21,26). The number of benzene rings is 1. The lowest BCUT2D eigenvalue weighted by atomic mass is 10.1. The number of hydrogen-bond donors (Lipinski definition) is 2. The fourth-order valence-corrected chi connectivity index (χ4v) is 3.41. The predicted octanol–water partition coefficient (Wildman–Crippen LogP) is 1.72. The van der Waals surface area contributed by atoms with E-state index in [0.29, 0.717) is 25.3 Å². The van der Waals surface area contributed by atoms with Gasteiger partial charge in [0, 0.05) is 45.0 Å². The molecule has 27 heavy (non-hydrogen) atoms. The van der Waals surface area contributed by atoms with Gasteiger partial charge in [0.2, 0.25) is 5.91 Å². The fourth-order valence-electron chi connectivity index (χ4n) is 3.17. The highest BCUT2D eigenvalue weighted by Crippen LogP contribution is 2.07. The van der Waals surface area contributed by atoms with Crippen molar-refractivity contribution in [2.24, 2.45) is 0 Å². The second-order valence-corrected chi connectivity index (χ2v) is 7.43. The molecule has 0 bridgehead atoms. The molecule has 0 aliphatic carbocycles. The maximum Gasteiger partial charge on any atom is 0.318 e. The summed E-state index contributed by atoms with van der Waals surface area (Å²) < 4.78 is 0. The van der Waals surface area contributed by atoms with Crippen LogP contribution in [0.2, 0.25) is 0 Å². The highest BCUT2D eigenvalue weighted by Gasteiger charge is 2.27. The van der Waals surface area contributed by atoms with Crippen molar-refractivity contribution in [1.82, 2.24) is 20.0 Å². The summed E-state index contributed by atoms with van der Waals surface area (Å²) in [5, 5.41) is 2.94. The first-order chi connectivity index (χ1) is 13.0. The summed E-state index contributed by atoms with van der Waals surface area (Å²) >= 11 is 4.28. The van der Waals surface area contributed by atoms with E-state index in [0.717, 1.165) is 32.6 Å². The summed E-state index contributed by atoms with van der Waals surface area (Å²) in [6, 6.07) is 9.44. The van der Waals surface area contributed by atoms with Crippen LogP contribution in [0.25, 0.3) is 0 Å². The minimum Gasteiger partial charge on any atom is -0.338 e. The second-order valence-electron chi connectivity index (χ2n) is 6.99. The Hall–Kier alpha value is -1.73. The lowest BCUT2D eigenvalue weighted by Crippen LogP contribution is -2.56. The van der Waals surface area contributed by atoms with Crippen LogP contribution in [0.1, 0.15) is 18.9 Å². The first-order valence-corrected chi connectivity index (χ1v) is 10.4. The van der Waals surface area contributed by atoms with Crippen molar-refractivity contribution >= 4 is 24.6 Å². The van der Waals surface area contributed by atoms with Crippen LogP contribution in [-0.4, -0.2) is 84.7 Å². The van der Waals surface area contributed by atoms with Gasteiger partial charge in [-0.2, -0.15) is 12.6 Å². The average Bonchev–Trinajstić information content (AvgIpc) is 2.70. The van der Waals surface area contributed by atoms with Gasteiger partial charge in [0.15, 0.2) is 0 Å². The molecule has 1 heterocycles. The van der Waals surface area contributed by atoms with Gasteiger partial charge in [0.1, 0.15) is 6.04 Å². The number of hydrogen-bond acceptors (Lipinski definition) is 4. The monoisotopic (exact) mass is 392 g/mol. The molecule has 1 unspecified atom stereocenters. The molecule has 1 atom stereocenters. The molecule has 1 fully saturated rings. The zero-order valence-corrected chi connectivity index (χ0v) is 17.3. The summed E-state index contributed by atoms with van der Waals surface area (Å²) in [6.45, 7) is 6.28. The van der Waals surface area contributed by atoms with Gasteiger partial charge in [-0.25, -0.2) is 4.79 Å². The van der Waals surface area contributed by atoms with Gasteiger partial charge >= 0.3 is 6.03 Å². The number of carbonyl (C=O) groups is 2. The molecule has 1 aliphatic heterocycles. The number of rotatable bonds is 8. The number of amides is 3. The highest BCUT2D eigenvalue weighted by molar-refractivity contribution is 7.80. The van der Waals surface area contributed by atoms with Crippen molar-refractivity contribution < 1.29 is 9.59 Å². The first-order valence-electron chi connectivity index (χ1n) is 9.72. The van der Waals surface area contributed by atoms with Crippen LogP contribution < -0.4 is 5.32 Å². The smallest absolute Gasteiger partial charge is 0.318 e. The third-order valence-corrected chi connectivity index (χ3v) is 5.19. The molecule has 3 amide bonds. The van der Waals surface area contributed by atoms with Gasteiger partial charge in [-0.15, -0.1) is 0 Å². The number of urea groups is 1. The van der Waals surface area contributed by atoms with Gasteiger partial charge in [0.25, 0.3) is 0 Å². The van der Waals surface area contributed by atoms with E-state index in [1.54, 1.807) is 4.90 Å². The van der Waals surface area contributed by atoms with Crippen molar-refractivity contribution in [3.8, 4) is 0 Å². The largest absolute Gasteiger partial charge is 0.338 e. The van der Waals surface area contributed by atoms with Gasteiger partial charge in [-0.05, 0) is 25.5 Å². The molecular formula is C20H32N4O2S. The number of carbonyl (C=O) groups excluding carboxylic acids is 2. The molecule has 0 saturated carbocycles. The minimum atomic E-state index is -0.472. The van der Waals surface area contributed by atoms with E-state index in [-0.39, 0.29) is 11.9 Å². The van der Waals surface area contributed by atoms with Crippen LogP contribution in [0.3, 0.4) is 0 Å². The molecule has 0 spiro atoms. The molecule has 0 radical (unpaired) electrons. The third-order valence-electron chi connectivity index (χ3n) is 4.99. The first kappa shape index (κ1) is 21.6. The zero-order chi connectivity index (χ0) is 19.6. The Bertz CT molecular complexity index is 591. The van der Waals surface area contributed by atoms with Crippen LogP contribution >= 0.6 is 12.6 Å². The number of thiol groups is 1. The summed E-state index contributed by atoms with van der Waals surface area (Å²) in [5.41, 5.74) is 1.19. The Morgan fingerprint density at radius 2 is 1.81 bits per heavy atom. The van der Waals surface area contributed by atoms with Crippen LogP contribution in [0, 0.1) is 0 Å². The molecular weight excluding hydrogens is 360 g/mol. The van der Waals surface area contributed by atoms with Gasteiger partial charge in [-0.3, -0.25) is 4.79 Å². The van der Waals surface area contributed by atoms with Gasteiger partial charge in [0.05, 0.1) is 0 Å². The van der Waals surface area contributed by atoms with Crippen molar-refractivity contribution in [3.05, 3.63) is 35.9 Å². The summed E-state index contributed by atoms with van der Waals surface area (Å²) in [7, 11) is 2.06. The van der Waals surface area contributed by atoms with E-state index in [9.17, 15) is 9.59 Å². The van der Waals surface area contributed by atoms with Crippen LogP contribution in [0.5, 0.6) is 0 Å².